The molecule has 186 valence electrons. The molecule has 1 aliphatic heterocycles. The number of amides is 1. The van der Waals surface area contributed by atoms with Crippen molar-refractivity contribution < 1.29 is 19.0 Å². The van der Waals surface area contributed by atoms with Gasteiger partial charge < -0.3 is 19.1 Å². The third-order valence-electron chi connectivity index (χ3n) is 6.99. The van der Waals surface area contributed by atoms with Crippen LogP contribution >= 0.6 is 0 Å². The SMILES string of the molecule is CCC(=O)N(CC[C@H](Cc1ccccc1)[C@H]1CCOC(C)(C)C1)Cc1ccc(OC)c(OC)c1. The summed E-state index contributed by atoms with van der Waals surface area (Å²) >= 11 is 0. The quantitative estimate of drug-likeness (QED) is 0.413. The Kier molecular flexibility index (Phi) is 9.40. The van der Waals surface area contributed by atoms with Crippen molar-refractivity contribution in [3.8, 4) is 11.5 Å². The molecule has 1 saturated heterocycles. The number of hydrogen-bond donors (Lipinski definition) is 0. The molecule has 0 aromatic heterocycles. The van der Waals surface area contributed by atoms with Gasteiger partial charge in [-0.25, -0.2) is 0 Å². The fourth-order valence-corrected chi connectivity index (χ4v) is 5.14. The van der Waals surface area contributed by atoms with Gasteiger partial charge in [-0.05, 0) is 74.6 Å². The molecular formula is C29H41NO4. The molecule has 5 heteroatoms. The van der Waals surface area contributed by atoms with Crippen molar-refractivity contribution in [3.05, 3.63) is 59.7 Å². The molecule has 1 heterocycles. The number of carbonyl (C=O) groups excluding carboxylic acids is 1. The van der Waals surface area contributed by atoms with E-state index in [1.807, 2.05) is 30.0 Å². The van der Waals surface area contributed by atoms with Crippen molar-refractivity contribution in [2.45, 2.75) is 65.0 Å². The summed E-state index contributed by atoms with van der Waals surface area (Å²) in [6.45, 7) is 8.46. The maximum atomic E-state index is 12.9. The molecule has 0 radical (unpaired) electrons. The van der Waals surface area contributed by atoms with Crippen LogP contribution in [0.25, 0.3) is 0 Å². The Hall–Kier alpha value is -2.53. The number of benzene rings is 2. The Bertz CT molecular complexity index is 912. The zero-order valence-electron chi connectivity index (χ0n) is 21.5. The zero-order chi connectivity index (χ0) is 24.6. The second-order valence-corrected chi connectivity index (χ2v) is 9.96. The Labute approximate surface area is 205 Å². The zero-order valence-corrected chi connectivity index (χ0v) is 21.5. The second-order valence-electron chi connectivity index (χ2n) is 9.96. The molecule has 2 aromatic rings. The molecule has 5 nitrogen and oxygen atoms in total. The maximum absolute atomic E-state index is 12.9. The molecule has 1 amide bonds. The van der Waals surface area contributed by atoms with Crippen LogP contribution in [0.4, 0.5) is 0 Å². The van der Waals surface area contributed by atoms with Crippen molar-refractivity contribution in [1.82, 2.24) is 4.90 Å². The topological polar surface area (TPSA) is 48.0 Å². The maximum Gasteiger partial charge on any atom is 0.222 e. The van der Waals surface area contributed by atoms with Gasteiger partial charge >= 0.3 is 0 Å². The van der Waals surface area contributed by atoms with E-state index in [-0.39, 0.29) is 11.5 Å². The highest BCUT2D eigenvalue weighted by molar-refractivity contribution is 5.75. The average Bonchev–Trinajstić information content (AvgIpc) is 2.85. The minimum Gasteiger partial charge on any atom is -0.493 e. The van der Waals surface area contributed by atoms with Gasteiger partial charge in [0.05, 0.1) is 19.8 Å². The lowest BCUT2D eigenvalue weighted by Gasteiger charge is -2.40. The molecule has 1 aliphatic rings. The van der Waals surface area contributed by atoms with Crippen LogP contribution in [0.5, 0.6) is 11.5 Å². The van der Waals surface area contributed by atoms with E-state index in [2.05, 4.69) is 44.2 Å². The predicted octanol–water partition coefficient (Wildman–Crippen LogP) is 5.90. The Morgan fingerprint density at radius 3 is 2.47 bits per heavy atom. The van der Waals surface area contributed by atoms with E-state index in [0.29, 0.717) is 36.3 Å². The molecule has 0 unspecified atom stereocenters. The molecule has 3 rings (SSSR count). The van der Waals surface area contributed by atoms with Crippen molar-refractivity contribution in [2.75, 3.05) is 27.4 Å². The third-order valence-corrected chi connectivity index (χ3v) is 6.99. The summed E-state index contributed by atoms with van der Waals surface area (Å²) in [5.74, 6) is 2.66. The predicted molar refractivity (Wildman–Crippen MR) is 136 cm³/mol. The van der Waals surface area contributed by atoms with Gasteiger partial charge in [0.25, 0.3) is 0 Å². The Morgan fingerprint density at radius 2 is 1.82 bits per heavy atom. The summed E-state index contributed by atoms with van der Waals surface area (Å²) in [5, 5.41) is 0. The van der Waals surface area contributed by atoms with Crippen molar-refractivity contribution >= 4 is 5.91 Å². The van der Waals surface area contributed by atoms with Crippen LogP contribution in [-0.2, 0) is 22.5 Å². The minimum atomic E-state index is -0.0869. The van der Waals surface area contributed by atoms with Crippen molar-refractivity contribution in [1.29, 1.82) is 0 Å². The monoisotopic (exact) mass is 467 g/mol. The first-order chi connectivity index (χ1) is 16.3. The average molecular weight is 468 g/mol. The van der Waals surface area contributed by atoms with Crippen LogP contribution in [-0.4, -0.2) is 43.8 Å². The van der Waals surface area contributed by atoms with Crippen LogP contribution < -0.4 is 9.47 Å². The number of methoxy groups -OCH3 is 2. The molecule has 0 spiro atoms. The van der Waals surface area contributed by atoms with Gasteiger partial charge in [0.2, 0.25) is 5.91 Å². The number of nitrogens with zero attached hydrogens (tertiary/aromatic N) is 1. The summed E-state index contributed by atoms with van der Waals surface area (Å²) in [5.41, 5.74) is 2.33. The normalized spacial score (nSPS) is 18.2. The lowest BCUT2D eigenvalue weighted by molar-refractivity contribution is -0.132. The van der Waals surface area contributed by atoms with E-state index >= 15 is 0 Å². The molecule has 0 bridgehead atoms. The standard InChI is InChI=1S/C29H41NO4/c1-6-28(31)30(21-23-12-13-26(32-4)27(19-23)33-5)16-14-24(18-22-10-8-7-9-11-22)25-15-17-34-29(2,3)20-25/h7-13,19,24-25H,6,14-18,20-21H2,1-5H3/t24-,25+/m1/s1. The summed E-state index contributed by atoms with van der Waals surface area (Å²) in [4.78, 5) is 14.9. The van der Waals surface area contributed by atoms with Gasteiger partial charge in [0, 0.05) is 26.1 Å². The lowest BCUT2D eigenvalue weighted by atomic mass is 9.75. The smallest absolute Gasteiger partial charge is 0.222 e. The largest absolute Gasteiger partial charge is 0.493 e. The van der Waals surface area contributed by atoms with Gasteiger partial charge in [0.15, 0.2) is 11.5 Å². The molecule has 2 aromatic carbocycles. The minimum absolute atomic E-state index is 0.0869. The van der Waals surface area contributed by atoms with Crippen molar-refractivity contribution in [2.24, 2.45) is 11.8 Å². The van der Waals surface area contributed by atoms with Crippen molar-refractivity contribution in [3.63, 3.8) is 0 Å². The van der Waals surface area contributed by atoms with Crippen LogP contribution in [0.3, 0.4) is 0 Å². The Balaban J connectivity index is 1.75. The van der Waals surface area contributed by atoms with Crippen LogP contribution in [0.2, 0.25) is 0 Å². The van der Waals surface area contributed by atoms with E-state index in [9.17, 15) is 4.79 Å². The van der Waals surface area contributed by atoms with Gasteiger partial charge in [-0.2, -0.15) is 0 Å². The number of ether oxygens (including phenoxy) is 3. The lowest BCUT2D eigenvalue weighted by Crippen LogP contribution is -2.39. The first-order valence-electron chi connectivity index (χ1n) is 12.5. The summed E-state index contributed by atoms with van der Waals surface area (Å²) in [6.07, 6.45) is 4.65. The van der Waals surface area contributed by atoms with Gasteiger partial charge in [-0.3, -0.25) is 4.79 Å². The molecular weight excluding hydrogens is 426 g/mol. The molecule has 0 saturated carbocycles. The van der Waals surface area contributed by atoms with Crippen LogP contribution in [0.1, 0.15) is 57.6 Å². The first kappa shape index (κ1) is 26.1. The van der Waals surface area contributed by atoms with E-state index in [1.54, 1.807) is 14.2 Å². The van der Waals surface area contributed by atoms with Gasteiger partial charge in [-0.15, -0.1) is 0 Å². The van der Waals surface area contributed by atoms with Crippen LogP contribution in [0, 0.1) is 11.8 Å². The Morgan fingerprint density at radius 1 is 1.09 bits per heavy atom. The van der Waals surface area contributed by atoms with Crippen LogP contribution in [0.15, 0.2) is 48.5 Å². The van der Waals surface area contributed by atoms with Gasteiger partial charge in [-0.1, -0.05) is 43.3 Å². The molecule has 0 aliphatic carbocycles. The van der Waals surface area contributed by atoms with E-state index in [1.165, 1.54) is 5.56 Å². The summed E-state index contributed by atoms with van der Waals surface area (Å²) in [6, 6.07) is 16.6. The number of hydrogen-bond acceptors (Lipinski definition) is 4. The summed E-state index contributed by atoms with van der Waals surface area (Å²) in [7, 11) is 3.27. The number of carbonyl (C=O) groups is 1. The number of rotatable bonds is 11. The third kappa shape index (κ3) is 7.23. The highest BCUT2D eigenvalue weighted by Crippen LogP contribution is 2.36. The fraction of sp³-hybridized carbons (Fsp3) is 0.552. The highest BCUT2D eigenvalue weighted by Gasteiger charge is 2.33. The molecule has 1 fully saturated rings. The molecule has 34 heavy (non-hydrogen) atoms. The van der Waals surface area contributed by atoms with E-state index in [4.69, 9.17) is 14.2 Å². The van der Waals surface area contributed by atoms with E-state index < -0.39 is 0 Å². The highest BCUT2D eigenvalue weighted by atomic mass is 16.5. The summed E-state index contributed by atoms with van der Waals surface area (Å²) < 4.78 is 16.8. The molecule has 0 N–H and O–H groups in total. The fourth-order valence-electron chi connectivity index (χ4n) is 5.14. The second kappa shape index (κ2) is 12.3. The van der Waals surface area contributed by atoms with Gasteiger partial charge in [0.1, 0.15) is 0 Å². The van der Waals surface area contributed by atoms with E-state index in [0.717, 1.165) is 44.4 Å². The first-order valence-corrected chi connectivity index (χ1v) is 12.5. The molecule has 2 atom stereocenters.